The number of hydrogen-bond donors (Lipinski definition) is 2. The summed E-state index contributed by atoms with van der Waals surface area (Å²) in [6, 6.07) is 15.1. The Labute approximate surface area is 173 Å². The van der Waals surface area contributed by atoms with E-state index in [1.165, 1.54) is 0 Å². The van der Waals surface area contributed by atoms with E-state index in [2.05, 4.69) is 20.5 Å². The van der Waals surface area contributed by atoms with Crippen molar-refractivity contribution in [1.29, 1.82) is 0 Å². The summed E-state index contributed by atoms with van der Waals surface area (Å²) in [7, 11) is 0. The molecule has 8 nitrogen and oxygen atoms in total. The first-order valence-corrected chi connectivity index (χ1v) is 10.1. The fraction of sp³-hybridized carbons (Fsp3) is 0.273. The summed E-state index contributed by atoms with van der Waals surface area (Å²) in [5.74, 6) is -0.0393. The lowest BCUT2D eigenvalue weighted by molar-refractivity contribution is 0.0503. The SMILES string of the molecule is O=C(c1ccc(-n2cc(-c3n[nH]c4ccccc34)nn2)cc1)N1CCCCC1CO. The fourth-order valence-corrected chi connectivity index (χ4v) is 4.04. The molecule has 2 aromatic carbocycles. The molecule has 0 aliphatic carbocycles. The number of carbonyl (C=O) groups is 1. The summed E-state index contributed by atoms with van der Waals surface area (Å²) in [6.07, 6.45) is 4.70. The lowest BCUT2D eigenvalue weighted by Gasteiger charge is -2.34. The molecule has 1 fully saturated rings. The zero-order valence-corrected chi connectivity index (χ0v) is 16.4. The monoisotopic (exact) mass is 402 g/mol. The number of likely N-dealkylation sites (tertiary alicyclic amines) is 1. The molecular formula is C22H22N6O2. The largest absolute Gasteiger partial charge is 0.394 e. The molecule has 1 saturated heterocycles. The van der Waals surface area contributed by atoms with Gasteiger partial charge in [0, 0.05) is 17.5 Å². The molecule has 1 atom stereocenters. The molecule has 4 aromatic rings. The van der Waals surface area contributed by atoms with Gasteiger partial charge in [-0.3, -0.25) is 9.89 Å². The topological polar surface area (TPSA) is 99.9 Å². The molecule has 2 aromatic heterocycles. The Morgan fingerprint density at radius 1 is 1.13 bits per heavy atom. The molecule has 5 rings (SSSR count). The van der Waals surface area contributed by atoms with Crippen molar-refractivity contribution in [3.8, 4) is 17.1 Å². The second-order valence-corrected chi connectivity index (χ2v) is 7.54. The van der Waals surface area contributed by atoms with Crippen LogP contribution >= 0.6 is 0 Å². The van der Waals surface area contributed by atoms with Gasteiger partial charge < -0.3 is 10.0 Å². The van der Waals surface area contributed by atoms with E-state index in [9.17, 15) is 9.90 Å². The summed E-state index contributed by atoms with van der Waals surface area (Å²) in [5, 5.41) is 26.4. The second-order valence-electron chi connectivity index (χ2n) is 7.54. The normalized spacial score (nSPS) is 16.8. The Kier molecular flexibility index (Phi) is 4.76. The number of benzene rings is 2. The third kappa shape index (κ3) is 3.25. The number of hydrogen-bond acceptors (Lipinski definition) is 5. The Morgan fingerprint density at radius 3 is 2.80 bits per heavy atom. The average Bonchev–Trinajstić information content (AvgIpc) is 3.46. The number of aromatic amines is 1. The molecular weight excluding hydrogens is 380 g/mol. The highest BCUT2D eigenvalue weighted by Gasteiger charge is 2.26. The molecule has 0 saturated carbocycles. The quantitative estimate of drug-likeness (QED) is 0.547. The van der Waals surface area contributed by atoms with E-state index >= 15 is 0 Å². The van der Waals surface area contributed by atoms with Crippen molar-refractivity contribution in [2.75, 3.05) is 13.2 Å². The molecule has 152 valence electrons. The fourth-order valence-electron chi connectivity index (χ4n) is 4.04. The van der Waals surface area contributed by atoms with Crippen LogP contribution in [0.3, 0.4) is 0 Å². The predicted molar refractivity (Wildman–Crippen MR) is 112 cm³/mol. The van der Waals surface area contributed by atoms with E-state index < -0.39 is 0 Å². The van der Waals surface area contributed by atoms with Gasteiger partial charge in [0.25, 0.3) is 5.91 Å². The van der Waals surface area contributed by atoms with Crippen molar-refractivity contribution in [3.05, 3.63) is 60.3 Å². The molecule has 3 heterocycles. The first-order chi connectivity index (χ1) is 14.7. The summed E-state index contributed by atoms with van der Waals surface area (Å²) in [4.78, 5) is 14.7. The van der Waals surface area contributed by atoms with Crippen LogP contribution in [0.25, 0.3) is 28.0 Å². The third-order valence-electron chi connectivity index (χ3n) is 5.68. The minimum atomic E-state index is -0.0903. The highest BCUT2D eigenvalue weighted by Crippen LogP contribution is 2.25. The van der Waals surface area contributed by atoms with Gasteiger partial charge in [-0.1, -0.05) is 23.4 Å². The number of nitrogens with zero attached hydrogens (tertiary/aromatic N) is 5. The number of fused-ring (bicyclic) bond motifs is 1. The van der Waals surface area contributed by atoms with Gasteiger partial charge in [-0.25, -0.2) is 4.68 Å². The molecule has 0 radical (unpaired) electrons. The standard InChI is InChI=1S/C22H22N6O2/c29-14-17-5-3-4-12-27(17)22(30)15-8-10-16(11-9-15)28-13-20(24-26-28)21-18-6-1-2-7-19(18)23-25-21/h1-2,6-11,13,17,29H,3-5,12,14H2,(H,23,25). The number of carbonyl (C=O) groups excluding carboxylic acids is 1. The summed E-state index contributed by atoms with van der Waals surface area (Å²) < 4.78 is 1.67. The Bertz CT molecular complexity index is 1180. The predicted octanol–water partition coefficient (Wildman–Crippen LogP) is 2.80. The van der Waals surface area contributed by atoms with Gasteiger partial charge in [0.1, 0.15) is 11.4 Å². The van der Waals surface area contributed by atoms with E-state index in [-0.39, 0.29) is 18.6 Å². The van der Waals surface area contributed by atoms with Gasteiger partial charge in [-0.05, 0) is 49.6 Å². The van der Waals surface area contributed by atoms with Crippen molar-refractivity contribution in [3.63, 3.8) is 0 Å². The van der Waals surface area contributed by atoms with Gasteiger partial charge in [-0.15, -0.1) is 5.10 Å². The van der Waals surface area contributed by atoms with Crippen molar-refractivity contribution in [2.45, 2.75) is 25.3 Å². The maximum Gasteiger partial charge on any atom is 0.254 e. The number of H-pyrrole nitrogens is 1. The first-order valence-electron chi connectivity index (χ1n) is 10.1. The molecule has 8 heteroatoms. The number of aromatic nitrogens is 5. The number of nitrogens with one attached hydrogen (secondary N) is 1. The van der Waals surface area contributed by atoms with Gasteiger partial charge in [0.2, 0.25) is 0 Å². The van der Waals surface area contributed by atoms with Crippen LogP contribution in [-0.4, -0.2) is 60.3 Å². The molecule has 2 N–H and O–H groups in total. The van der Waals surface area contributed by atoms with E-state index in [4.69, 9.17) is 0 Å². The average molecular weight is 402 g/mol. The van der Waals surface area contributed by atoms with E-state index in [0.29, 0.717) is 17.8 Å². The van der Waals surface area contributed by atoms with Crippen LogP contribution in [0.1, 0.15) is 29.6 Å². The van der Waals surface area contributed by atoms with Crippen molar-refractivity contribution in [2.24, 2.45) is 0 Å². The van der Waals surface area contributed by atoms with Crippen LogP contribution in [0.2, 0.25) is 0 Å². The Morgan fingerprint density at radius 2 is 1.97 bits per heavy atom. The van der Waals surface area contributed by atoms with Crippen LogP contribution in [0.4, 0.5) is 0 Å². The number of aliphatic hydroxyl groups excluding tert-OH is 1. The molecule has 0 bridgehead atoms. The van der Waals surface area contributed by atoms with E-state index in [1.807, 2.05) is 42.6 Å². The lowest BCUT2D eigenvalue weighted by atomic mass is 10.0. The maximum absolute atomic E-state index is 12.9. The van der Waals surface area contributed by atoms with Crippen LogP contribution in [-0.2, 0) is 0 Å². The molecule has 1 aliphatic heterocycles. The number of piperidine rings is 1. The Hall–Kier alpha value is -3.52. The summed E-state index contributed by atoms with van der Waals surface area (Å²) in [5.41, 5.74) is 3.79. The van der Waals surface area contributed by atoms with Crippen molar-refractivity contribution < 1.29 is 9.90 Å². The minimum absolute atomic E-state index is 0.00737. The summed E-state index contributed by atoms with van der Waals surface area (Å²) in [6.45, 7) is 0.698. The Balaban J connectivity index is 1.38. The van der Waals surface area contributed by atoms with Crippen LogP contribution in [0, 0.1) is 0 Å². The van der Waals surface area contributed by atoms with Gasteiger partial charge in [-0.2, -0.15) is 5.10 Å². The van der Waals surface area contributed by atoms with Crippen molar-refractivity contribution in [1.82, 2.24) is 30.1 Å². The third-order valence-corrected chi connectivity index (χ3v) is 5.68. The second kappa shape index (κ2) is 7.72. The molecule has 1 aliphatic rings. The lowest BCUT2D eigenvalue weighted by Crippen LogP contribution is -2.45. The van der Waals surface area contributed by atoms with E-state index in [1.54, 1.807) is 21.7 Å². The summed E-state index contributed by atoms with van der Waals surface area (Å²) >= 11 is 0. The zero-order chi connectivity index (χ0) is 20.5. The number of aliphatic hydroxyl groups is 1. The van der Waals surface area contributed by atoms with Crippen molar-refractivity contribution >= 4 is 16.8 Å². The van der Waals surface area contributed by atoms with Crippen LogP contribution < -0.4 is 0 Å². The van der Waals surface area contributed by atoms with E-state index in [0.717, 1.165) is 41.5 Å². The van der Waals surface area contributed by atoms with Gasteiger partial charge in [0.05, 0.1) is 30.0 Å². The molecule has 0 spiro atoms. The van der Waals surface area contributed by atoms with Gasteiger partial charge >= 0.3 is 0 Å². The van der Waals surface area contributed by atoms with Crippen LogP contribution in [0.5, 0.6) is 0 Å². The number of rotatable bonds is 4. The molecule has 1 amide bonds. The first kappa shape index (κ1) is 18.5. The highest BCUT2D eigenvalue weighted by molar-refractivity contribution is 5.94. The smallest absolute Gasteiger partial charge is 0.254 e. The van der Waals surface area contributed by atoms with Crippen LogP contribution in [0.15, 0.2) is 54.7 Å². The highest BCUT2D eigenvalue weighted by atomic mass is 16.3. The molecule has 1 unspecified atom stereocenters. The minimum Gasteiger partial charge on any atom is -0.394 e. The molecule has 30 heavy (non-hydrogen) atoms. The van der Waals surface area contributed by atoms with Gasteiger partial charge in [0.15, 0.2) is 0 Å². The number of para-hydroxylation sites is 1. The zero-order valence-electron chi connectivity index (χ0n) is 16.4. The maximum atomic E-state index is 12.9. The number of amides is 1.